The average Bonchev–Trinajstić information content (AvgIpc) is 3.15. The number of nitrogens with zero attached hydrogens (tertiary/aromatic N) is 1. The van der Waals surface area contributed by atoms with E-state index in [4.69, 9.17) is 9.47 Å². The molecular formula is C28H29NO3. The number of ether oxygens (including phenoxy) is 2. The second-order valence-corrected chi connectivity index (χ2v) is 8.82. The molecule has 4 nitrogen and oxygen atoms in total. The number of benzene rings is 3. The van der Waals surface area contributed by atoms with Crippen LogP contribution in [0.4, 0.5) is 0 Å². The van der Waals surface area contributed by atoms with E-state index in [1.54, 1.807) is 14.2 Å². The van der Waals surface area contributed by atoms with Crippen molar-refractivity contribution in [2.75, 3.05) is 14.2 Å². The van der Waals surface area contributed by atoms with Gasteiger partial charge in [-0.3, -0.25) is 4.79 Å². The average molecular weight is 428 g/mol. The molecule has 1 saturated heterocycles. The second kappa shape index (κ2) is 8.01. The Kier molecular flexibility index (Phi) is 5.16. The lowest BCUT2D eigenvalue weighted by atomic mass is 9.70. The molecule has 0 unspecified atom stereocenters. The van der Waals surface area contributed by atoms with Crippen LogP contribution in [0.1, 0.15) is 49.8 Å². The van der Waals surface area contributed by atoms with E-state index in [1.807, 2.05) is 6.07 Å². The number of carbonyl (C=O) groups excluding carboxylic acids is 1. The highest BCUT2D eigenvalue weighted by Crippen LogP contribution is 2.53. The maximum atomic E-state index is 13.6. The smallest absolute Gasteiger partial charge is 0.228 e. The molecule has 1 aliphatic carbocycles. The molecule has 1 fully saturated rings. The SMILES string of the molecule is COc1ccc([C@@]23CCCC=C2N([C@H](C)c2cccc4ccccc24)C(=O)C3)cc1OC. The van der Waals surface area contributed by atoms with Gasteiger partial charge < -0.3 is 14.4 Å². The van der Waals surface area contributed by atoms with Gasteiger partial charge in [-0.25, -0.2) is 0 Å². The Bertz CT molecular complexity index is 1210. The summed E-state index contributed by atoms with van der Waals surface area (Å²) in [7, 11) is 3.31. The third-order valence-electron chi connectivity index (χ3n) is 7.21. The minimum Gasteiger partial charge on any atom is -0.493 e. The fraction of sp³-hybridized carbons (Fsp3) is 0.321. The second-order valence-electron chi connectivity index (χ2n) is 8.82. The molecule has 0 saturated carbocycles. The first-order valence-corrected chi connectivity index (χ1v) is 11.3. The van der Waals surface area contributed by atoms with Crippen molar-refractivity contribution in [2.45, 2.75) is 44.1 Å². The van der Waals surface area contributed by atoms with Gasteiger partial charge in [0.1, 0.15) is 0 Å². The standard InChI is InChI=1S/C28H29NO3/c1-19(22-12-8-10-20-9-4-5-11-23(20)22)29-26-13-6-7-16-28(26,18-27(29)30)21-14-15-24(31-2)25(17-21)32-3/h4-5,8-15,17,19H,6-7,16,18H2,1-3H3/t19-,28+/m1/s1. The van der Waals surface area contributed by atoms with Gasteiger partial charge in [-0.05, 0) is 60.2 Å². The van der Waals surface area contributed by atoms with E-state index < -0.39 is 0 Å². The molecule has 1 amide bonds. The molecule has 0 aromatic heterocycles. The predicted molar refractivity (Wildman–Crippen MR) is 127 cm³/mol. The van der Waals surface area contributed by atoms with Crippen molar-refractivity contribution in [3.63, 3.8) is 0 Å². The zero-order valence-electron chi connectivity index (χ0n) is 18.9. The highest BCUT2D eigenvalue weighted by atomic mass is 16.5. The number of hydrogen-bond acceptors (Lipinski definition) is 3. The van der Waals surface area contributed by atoms with E-state index in [0.717, 1.165) is 30.5 Å². The number of carbonyl (C=O) groups is 1. The molecular weight excluding hydrogens is 398 g/mol. The summed E-state index contributed by atoms with van der Waals surface area (Å²) in [6.07, 6.45) is 5.80. The molecule has 2 atom stereocenters. The van der Waals surface area contributed by atoms with Gasteiger partial charge in [0.05, 0.1) is 20.3 Å². The molecule has 3 aromatic rings. The van der Waals surface area contributed by atoms with Gasteiger partial charge in [-0.2, -0.15) is 0 Å². The lowest BCUT2D eigenvalue weighted by Gasteiger charge is -2.37. The van der Waals surface area contributed by atoms with Crippen LogP contribution in [-0.4, -0.2) is 25.0 Å². The van der Waals surface area contributed by atoms with Crippen molar-refractivity contribution >= 4 is 16.7 Å². The van der Waals surface area contributed by atoms with Crippen molar-refractivity contribution in [1.29, 1.82) is 0 Å². The number of amides is 1. The Balaban J connectivity index is 1.60. The fourth-order valence-corrected chi connectivity index (χ4v) is 5.66. The zero-order chi connectivity index (χ0) is 22.3. The van der Waals surface area contributed by atoms with E-state index in [9.17, 15) is 4.79 Å². The molecule has 1 aliphatic heterocycles. The van der Waals surface area contributed by atoms with Crippen molar-refractivity contribution in [3.8, 4) is 11.5 Å². The third kappa shape index (κ3) is 3.09. The van der Waals surface area contributed by atoms with Gasteiger partial charge in [0.2, 0.25) is 5.91 Å². The number of methoxy groups -OCH3 is 2. The van der Waals surface area contributed by atoms with Crippen LogP contribution in [0, 0.1) is 0 Å². The number of rotatable bonds is 5. The van der Waals surface area contributed by atoms with E-state index >= 15 is 0 Å². The summed E-state index contributed by atoms with van der Waals surface area (Å²) in [6, 6.07) is 20.8. The summed E-state index contributed by atoms with van der Waals surface area (Å²) in [5.74, 6) is 1.60. The Morgan fingerprint density at radius 1 is 0.969 bits per heavy atom. The van der Waals surface area contributed by atoms with Gasteiger partial charge in [0.15, 0.2) is 11.5 Å². The summed E-state index contributed by atoms with van der Waals surface area (Å²) in [4.78, 5) is 15.6. The first-order valence-electron chi connectivity index (χ1n) is 11.3. The zero-order valence-corrected chi connectivity index (χ0v) is 18.9. The molecule has 0 N–H and O–H groups in total. The van der Waals surface area contributed by atoms with Gasteiger partial charge in [0, 0.05) is 17.5 Å². The van der Waals surface area contributed by atoms with Crippen LogP contribution in [-0.2, 0) is 10.2 Å². The van der Waals surface area contributed by atoms with Crippen LogP contribution in [0.3, 0.4) is 0 Å². The summed E-state index contributed by atoms with van der Waals surface area (Å²) < 4.78 is 11.0. The largest absolute Gasteiger partial charge is 0.493 e. The van der Waals surface area contributed by atoms with E-state index in [2.05, 4.69) is 72.5 Å². The van der Waals surface area contributed by atoms with Crippen LogP contribution in [0.5, 0.6) is 11.5 Å². The molecule has 3 aromatic carbocycles. The number of likely N-dealkylation sites (tertiary alicyclic amines) is 1. The van der Waals surface area contributed by atoms with E-state index in [0.29, 0.717) is 17.9 Å². The molecule has 1 heterocycles. The van der Waals surface area contributed by atoms with Crippen molar-refractivity contribution < 1.29 is 14.3 Å². The third-order valence-corrected chi connectivity index (χ3v) is 7.21. The maximum Gasteiger partial charge on any atom is 0.228 e. The molecule has 164 valence electrons. The molecule has 0 spiro atoms. The molecule has 32 heavy (non-hydrogen) atoms. The number of allylic oxidation sites excluding steroid dienone is 2. The first-order chi connectivity index (χ1) is 15.6. The van der Waals surface area contributed by atoms with E-state index in [1.165, 1.54) is 16.3 Å². The van der Waals surface area contributed by atoms with E-state index in [-0.39, 0.29) is 17.4 Å². The predicted octanol–water partition coefficient (Wildman–Crippen LogP) is 6.16. The van der Waals surface area contributed by atoms with Gasteiger partial charge in [-0.15, -0.1) is 0 Å². The van der Waals surface area contributed by atoms with Crippen LogP contribution >= 0.6 is 0 Å². The quantitative estimate of drug-likeness (QED) is 0.490. The minimum absolute atomic E-state index is 0.0417. The van der Waals surface area contributed by atoms with Crippen molar-refractivity contribution in [1.82, 2.24) is 4.90 Å². The highest BCUT2D eigenvalue weighted by Gasteiger charge is 2.51. The lowest BCUT2D eigenvalue weighted by molar-refractivity contribution is -0.128. The first kappa shape index (κ1) is 20.6. The highest BCUT2D eigenvalue weighted by molar-refractivity contribution is 5.89. The lowest BCUT2D eigenvalue weighted by Crippen LogP contribution is -2.33. The number of fused-ring (bicyclic) bond motifs is 2. The Labute approximate surface area is 189 Å². The number of hydrogen-bond donors (Lipinski definition) is 0. The van der Waals surface area contributed by atoms with Crippen molar-refractivity contribution in [2.24, 2.45) is 0 Å². The normalized spacial score (nSPS) is 21.3. The molecule has 0 radical (unpaired) electrons. The van der Waals surface area contributed by atoms with Gasteiger partial charge in [0.25, 0.3) is 0 Å². The van der Waals surface area contributed by atoms with Gasteiger partial charge in [-0.1, -0.05) is 54.6 Å². The van der Waals surface area contributed by atoms with Crippen LogP contribution < -0.4 is 9.47 Å². The molecule has 2 aliphatic rings. The topological polar surface area (TPSA) is 38.8 Å². The molecule has 4 heteroatoms. The Hall–Kier alpha value is -3.27. The maximum absolute atomic E-state index is 13.6. The molecule has 0 bridgehead atoms. The van der Waals surface area contributed by atoms with Gasteiger partial charge >= 0.3 is 0 Å². The summed E-state index contributed by atoms with van der Waals surface area (Å²) >= 11 is 0. The fourth-order valence-electron chi connectivity index (χ4n) is 5.66. The Morgan fingerprint density at radius 2 is 1.75 bits per heavy atom. The van der Waals surface area contributed by atoms with Crippen molar-refractivity contribution in [3.05, 3.63) is 83.6 Å². The van der Waals surface area contributed by atoms with Crippen LogP contribution in [0.15, 0.2) is 72.4 Å². The van der Waals surface area contributed by atoms with Crippen LogP contribution in [0.2, 0.25) is 0 Å². The Morgan fingerprint density at radius 3 is 2.56 bits per heavy atom. The minimum atomic E-state index is -0.312. The summed E-state index contributed by atoms with van der Waals surface area (Å²) in [5, 5.41) is 2.41. The summed E-state index contributed by atoms with van der Waals surface area (Å²) in [5.41, 5.74) is 3.14. The molecule has 5 rings (SSSR count). The monoisotopic (exact) mass is 427 g/mol. The van der Waals surface area contributed by atoms with Crippen LogP contribution in [0.25, 0.3) is 10.8 Å². The summed E-state index contributed by atoms with van der Waals surface area (Å²) in [6.45, 7) is 2.15.